The summed E-state index contributed by atoms with van der Waals surface area (Å²) in [6.45, 7) is 7.31. The van der Waals surface area contributed by atoms with Crippen LogP contribution in [0.1, 0.15) is 62.5 Å². The molecule has 3 heterocycles. The Bertz CT molecular complexity index is 1210. The molecule has 0 N–H and O–H groups in total. The molecule has 8 nitrogen and oxygen atoms in total. The summed E-state index contributed by atoms with van der Waals surface area (Å²) in [5.74, 6) is -0.0969. The van der Waals surface area contributed by atoms with Crippen molar-refractivity contribution in [3.8, 4) is 0 Å². The quantitative estimate of drug-likeness (QED) is 0.387. The number of ether oxygens (including phenoxy) is 1. The summed E-state index contributed by atoms with van der Waals surface area (Å²) >= 11 is 3.45. The van der Waals surface area contributed by atoms with Crippen molar-refractivity contribution in [3.63, 3.8) is 0 Å². The second-order valence-electron chi connectivity index (χ2n) is 11.4. The number of hydrogen-bond donors (Lipinski definition) is 0. The second-order valence-corrected chi connectivity index (χ2v) is 12.2. The van der Waals surface area contributed by atoms with Gasteiger partial charge in [0, 0.05) is 36.8 Å². The lowest BCUT2D eigenvalue weighted by Crippen LogP contribution is -2.40. The normalized spacial score (nSPS) is 19.1. The number of halogens is 4. The number of benzene rings is 1. The number of aromatic nitrogens is 2. The van der Waals surface area contributed by atoms with Crippen molar-refractivity contribution in [1.82, 2.24) is 14.9 Å². The van der Waals surface area contributed by atoms with E-state index >= 15 is 0 Å². The molecule has 2 fully saturated rings. The van der Waals surface area contributed by atoms with Crippen LogP contribution in [0.4, 0.5) is 24.7 Å². The molecule has 1 amide bonds. The summed E-state index contributed by atoms with van der Waals surface area (Å²) in [6, 6.07) is 3.74. The summed E-state index contributed by atoms with van der Waals surface area (Å²) in [6.07, 6.45) is 0.580. The van der Waals surface area contributed by atoms with Gasteiger partial charge < -0.3 is 14.5 Å². The Morgan fingerprint density at radius 3 is 2.38 bits per heavy atom. The third-order valence-corrected chi connectivity index (χ3v) is 8.03. The van der Waals surface area contributed by atoms with E-state index in [1.807, 2.05) is 25.7 Å². The highest BCUT2D eigenvalue weighted by molar-refractivity contribution is 9.10. The first-order valence-electron chi connectivity index (χ1n) is 13.4. The van der Waals surface area contributed by atoms with Gasteiger partial charge in [0.1, 0.15) is 23.2 Å². The van der Waals surface area contributed by atoms with Gasteiger partial charge in [-0.25, -0.2) is 9.97 Å². The fourth-order valence-electron chi connectivity index (χ4n) is 5.11. The number of alkyl halides is 3. The van der Waals surface area contributed by atoms with E-state index in [1.54, 1.807) is 31.4 Å². The highest BCUT2D eigenvalue weighted by Crippen LogP contribution is 2.35. The van der Waals surface area contributed by atoms with E-state index < -0.39 is 17.8 Å². The first-order chi connectivity index (χ1) is 18.7. The molecule has 0 aliphatic carbocycles. The van der Waals surface area contributed by atoms with Crippen LogP contribution in [0.25, 0.3) is 0 Å². The van der Waals surface area contributed by atoms with E-state index in [1.165, 1.54) is 16.0 Å². The molecule has 12 heteroatoms. The predicted molar refractivity (Wildman–Crippen MR) is 149 cm³/mol. The van der Waals surface area contributed by atoms with Crippen molar-refractivity contribution < 1.29 is 27.5 Å². The van der Waals surface area contributed by atoms with E-state index in [-0.39, 0.29) is 36.5 Å². The fraction of sp³-hybridized carbons (Fsp3) is 0.571. The zero-order valence-corrected chi connectivity index (χ0v) is 24.8. The molecule has 2 aromatic rings. The average molecular weight is 627 g/mol. The summed E-state index contributed by atoms with van der Waals surface area (Å²) < 4.78 is 46.5. The second kappa shape index (κ2) is 12.0. The molecule has 2 aliphatic heterocycles. The highest BCUT2D eigenvalue weighted by Gasteiger charge is 2.45. The number of rotatable bonds is 6. The molecular weight excluding hydrogens is 591 g/mol. The van der Waals surface area contributed by atoms with Crippen LogP contribution < -0.4 is 9.80 Å². The van der Waals surface area contributed by atoms with Gasteiger partial charge in [-0.05, 0) is 76.8 Å². The van der Waals surface area contributed by atoms with Crippen LogP contribution in [-0.2, 0) is 16.1 Å². The maximum atomic E-state index is 13.4. The molecule has 0 saturated carbocycles. The molecule has 1 atom stereocenters. The number of anilines is 2. The van der Waals surface area contributed by atoms with Gasteiger partial charge >= 0.3 is 12.1 Å². The Kier molecular flexibility index (Phi) is 9.08. The molecule has 40 heavy (non-hydrogen) atoms. The lowest BCUT2D eigenvalue weighted by atomic mass is 9.96. The Labute approximate surface area is 241 Å². The molecule has 0 radical (unpaired) electrons. The molecule has 218 valence electrons. The molecule has 4 rings (SSSR count). The minimum Gasteiger partial charge on any atom is -0.460 e. The number of amides is 1. The minimum absolute atomic E-state index is 0.0929. The van der Waals surface area contributed by atoms with Crippen molar-refractivity contribution >= 4 is 39.3 Å². The van der Waals surface area contributed by atoms with Crippen LogP contribution >= 0.6 is 15.9 Å². The molecule has 0 spiro atoms. The summed E-state index contributed by atoms with van der Waals surface area (Å²) in [5.41, 5.74) is 0.846. The Balaban J connectivity index is 1.38. The summed E-state index contributed by atoms with van der Waals surface area (Å²) in [4.78, 5) is 39.2. The number of esters is 1. The number of carbonyl (C=O) groups is 2. The minimum atomic E-state index is -4.27. The highest BCUT2D eigenvalue weighted by atomic mass is 79.9. The van der Waals surface area contributed by atoms with Gasteiger partial charge in [0.2, 0.25) is 0 Å². The smallest absolute Gasteiger partial charge is 0.404 e. The van der Waals surface area contributed by atoms with Gasteiger partial charge in [0.05, 0.1) is 18.3 Å². The lowest BCUT2D eigenvalue weighted by molar-refractivity contribution is -0.177. The van der Waals surface area contributed by atoms with E-state index in [2.05, 4.69) is 25.9 Å². The van der Waals surface area contributed by atoms with E-state index in [0.29, 0.717) is 60.4 Å². The Hall–Kier alpha value is -2.73. The topological polar surface area (TPSA) is 78.9 Å². The van der Waals surface area contributed by atoms with E-state index in [0.717, 1.165) is 0 Å². The largest absolute Gasteiger partial charge is 0.460 e. The van der Waals surface area contributed by atoms with Gasteiger partial charge in [0.25, 0.3) is 5.91 Å². The fourth-order valence-corrected chi connectivity index (χ4v) is 5.48. The van der Waals surface area contributed by atoms with Gasteiger partial charge in [0.15, 0.2) is 0 Å². The molecule has 2 aliphatic rings. The van der Waals surface area contributed by atoms with Crippen molar-refractivity contribution in [3.05, 3.63) is 46.3 Å². The zero-order valence-electron chi connectivity index (χ0n) is 23.2. The van der Waals surface area contributed by atoms with Crippen LogP contribution in [0.3, 0.4) is 0 Å². The third kappa shape index (κ3) is 7.31. The lowest BCUT2D eigenvalue weighted by Gasteiger charge is -2.33. The van der Waals surface area contributed by atoms with Crippen molar-refractivity contribution in [2.75, 3.05) is 36.5 Å². The van der Waals surface area contributed by atoms with Crippen LogP contribution in [0.2, 0.25) is 0 Å². The molecule has 0 unspecified atom stereocenters. The number of carbonyl (C=O) groups excluding carboxylic acids is 2. The Morgan fingerprint density at radius 2 is 1.77 bits per heavy atom. The van der Waals surface area contributed by atoms with Crippen LogP contribution in [-0.4, -0.2) is 71.2 Å². The number of nitrogens with zero attached hydrogens (tertiary/aromatic N) is 5. The first kappa shape index (κ1) is 30.2. The number of piperidine rings is 1. The number of likely N-dealkylation sites (tertiary alicyclic amines) is 1. The third-order valence-electron chi connectivity index (χ3n) is 7.25. The maximum absolute atomic E-state index is 13.4. The first-order valence-corrected chi connectivity index (χ1v) is 14.2. The van der Waals surface area contributed by atoms with Gasteiger partial charge in [-0.15, -0.1) is 0 Å². The van der Waals surface area contributed by atoms with Crippen molar-refractivity contribution in [1.29, 1.82) is 0 Å². The van der Waals surface area contributed by atoms with E-state index in [4.69, 9.17) is 4.74 Å². The van der Waals surface area contributed by atoms with Crippen LogP contribution in [0, 0.1) is 5.92 Å². The standard InChI is InChI=1S/C28H35BrF3N5O3/c1-27(2,3)40-26(39)18-9-12-36(13-10-18)24-16-33-22(15-34-24)25(38)35(4)20-7-8-21(29)19(14-20)17-37-11-5-6-23(37)28(30,31)32/h7-8,14-16,18,23H,5-6,9-13,17H2,1-4H3/t23-/m0/s1. The molecule has 2 saturated heterocycles. The SMILES string of the molecule is CN(C(=O)c1cnc(N2CCC(C(=O)OC(C)(C)C)CC2)cn1)c1ccc(Br)c(CN2CCC[C@H]2C(F)(F)F)c1. The predicted octanol–water partition coefficient (Wildman–Crippen LogP) is 5.60. The summed E-state index contributed by atoms with van der Waals surface area (Å²) in [7, 11) is 1.60. The van der Waals surface area contributed by atoms with E-state index in [9.17, 15) is 22.8 Å². The van der Waals surface area contributed by atoms with Gasteiger partial charge in [-0.1, -0.05) is 15.9 Å². The molecule has 0 bridgehead atoms. The van der Waals surface area contributed by atoms with Crippen molar-refractivity contribution in [2.24, 2.45) is 5.92 Å². The van der Waals surface area contributed by atoms with Gasteiger partial charge in [-0.3, -0.25) is 14.5 Å². The maximum Gasteiger partial charge on any atom is 0.404 e. The van der Waals surface area contributed by atoms with Crippen LogP contribution in [0.15, 0.2) is 35.1 Å². The van der Waals surface area contributed by atoms with Gasteiger partial charge in [-0.2, -0.15) is 13.2 Å². The zero-order chi connectivity index (χ0) is 29.2. The number of hydrogen-bond acceptors (Lipinski definition) is 7. The molecular formula is C28H35BrF3N5O3. The van der Waals surface area contributed by atoms with Crippen LogP contribution in [0.5, 0.6) is 0 Å². The molecule has 1 aromatic heterocycles. The summed E-state index contributed by atoms with van der Waals surface area (Å²) in [5, 5.41) is 0. The van der Waals surface area contributed by atoms with Crippen molar-refractivity contribution in [2.45, 2.75) is 70.8 Å². The monoisotopic (exact) mass is 625 g/mol. The molecule has 1 aromatic carbocycles. The Morgan fingerprint density at radius 1 is 1.07 bits per heavy atom. The average Bonchev–Trinajstić information content (AvgIpc) is 3.37.